The molecule has 0 radical (unpaired) electrons. The van der Waals surface area contributed by atoms with E-state index in [0.29, 0.717) is 11.1 Å². The lowest BCUT2D eigenvalue weighted by atomic mass is 9.91. The van der Waals surface area contributed by atoms with Crippen LogP contribution in [0.3, 0.4) is 0 Å². The number of alkyl halides is 3. The first-order valence-corrected chi connectivity index (χ1v) is 10.6. The average molecular weight is 439 g/mol. The molecular weight excluding hydrogens is 412 g/mol. The standard InChI is InChI=1S/C28H26F4/c1-2-3-5-8-21-11-13-22(14-12-21)15-17-25-18-16-23(20-27(25)29)19-26(28(30,31)32)24-9-6-4-7-10-24/h2-4,6-7,9-18,20,26H,5,8,19H2,1H3/t26-/m1/s1. The number of rotatable bonds is 8. The molecule has 3 rings (SSSR count). The van der Waals surface area contributed by atoms with Gasteiger partial charge in [-0.3, -0.25) is 0 Å². The van der Waals surface area contributed by atoms with Crippen molar-refractivity contribution in [1.29, 1.82) is 0 Å². The quantitative estimate of drug-likeness (QED) is 0.188. The molecule has 0 aliphatic carbocycles. The Kier molecular flexibility index (Phi) is 8.04. The van der Waals surface area contributed by atoms with Crippen LogP contribution in [-0.2, 0) is 12.8 Å². The summed E-state index contributed by atoms with van der Waals surface area (Å²) < 4.78 is 55.4. The van der Waals surface area contributed by atoms with E-state index in [9.17, 15) is 17.6 Å². The third-order valence-corrected chi connectivity index (χ3v) is 5.37. The van der Waals surface area contributed by atoms with Gasteiger partial charge in [0, 0.05) is 5.56 Å². The zero-order chi connectivity index (χ0) is 23.0. The van der Waals surface area contributed by atoms with Crippen molar-refractivity contribution >= 4 is 12.2 Å². The lowest BCUT2D eigenvalue weighted by molar-refractivity contribution is -0.150. The molecule has 0 aliphatic rings. The van der Waals surface area contributed by atoms with Crippen LogP contribution < -0.4 is 0 Å². The zero-order valence-corrected chi connectivity index (χ0v) is 17.9. The number of hydrogen-bond donors (Lipinski definition) is 0. The highest BCUT2D eigenvalue weighted by Crippen LogP contribution is 2.37. The zero-order valence-electron chi connectivity index (χ0n) is 17.9. The second kappa shape index (κ2) is 10.9. The van der Waals surface area contributed by atoms with Crippen molar-refractivity contribution in [2.75, 3.05) is 0 Å². The second-order valence-corrected chi connectivity index (χ2v) is 7.75. The minimum atomic E-state index is -4.41. The van der Waals surface area contributed by atoms with E-state index in [1.807, 2.05) is 37.3 Å². The topological polar surface area (TPSA) is 0 Å². The molecular formula is C28H26F4. The van der Waals surface area contributed by atoms with E-state index in [1.54, 1.807) is 36.4 Å². The maximum absolute atomic E-state index is 14.6. The van der Waals surface area contributed by atoms with Crippen LogP contribution in [0.5, 0.6) is 0 Å². The minimum Gasteiger partial charge on any atom is -0.206 e. The summed E-state index contributed by atoms with van der Waals surface area (Å²) in [5, 5.41) is 0. The Labute approximate surface area is 186 Å². The van der Waals surface area contributed by atoms with Crippen LogP contribution in [0, 0.1) is 5.82 Å². The highest BCUT2D eigenvalue weighted by atomic mass is 19.4. The summed E-state index contributed by atoms with van der Waals surface area (Å²) in [7, 11) is 0. The van der Waals surface area contributed by atoms with Gasteiger partial charge in [0.15, 0.2) is 0 Å². The first-order chi connectivity index (χ1) is 15.4. The fraction of sp³-hybridized carbons (Fsp3) is 0.214. The molecule has 0 nitrogen and oxygen atoms in total. The van der Waals surface area contributed by atoms with E-state index in [1.165, 1.54) is 29.8 Å². The SMILES string of the molecule is CC=CCCc1ccc(C=Cc2ccc(C[C@H](c3ccccc3)C(F)(F)F)cc2F)cc1. The van der Waals surface area contributed by atoms with Gasteiger partial charge >= 0.3 is 6.18 Å². The Hall–Kier alpha value is -3.14. The highest BCUT2D eigenvalue weighted by molar-refractivity contribution is 5.70. The molecule has 0 spiro atoms. The number of hydrogen-bond acceptors (Lipinski definition) is 0. The normalized spacial score (nSPS) is 13.2. The van der Waals surface area contributed by atoms with Crippen molar-refractivity contribution in [2.24, 2.45) is 0 Å². The average Bonchev–Trinajstić information content (AvgIpc) is 2.78. The smallest absolute Gasteiger partial charge is 0.206 e. The summed E-state index contributed by atoms with van der Waals surface area (Å²) >= 11 is 0. The van der Waals surface area contributed by atoms with Crippen LogP contribution in [0.4, 0.5) is 17.6 Å². The van der Waals surface area contributed by atoms with Gasteiger partial charge in [-0.1, -0.05) is 91.0 Å². The van der Waals surface area contributed by atoms with E-state index in [2.05, 4.69) is 6.08 Å². The first-order valence-electron chi connectivity index (χ1n) is 10.6. The van der Waals surface area contributed by atoms with E-state index >= 15 is 0 Å². The van der Waals surface area contributed by atoms with Gasteiger partial charge < -0.3 is 0 Å². The van der Waals surface area contributed by atoms with Crippen molar-refractivity contribution in [3.05, 3.63) is 119 Å². The van der Waals surface area contributed by atoms with E-state index in [0.717, 1.165) is 18.4 Å². The van der Waals surface area contributed by atoms with Crippen LogP contribution in [0.1, 0.15) is 47.1 Å². The number of halogens is 4. The molecule has 1 atom stereocenters. The molecule has 166 valence electrons. The van der Waals surface area contributed by atoms with Gasteiger partial charge in [-0.2, -0.15) is 13.2 Å². The molecule has 0 amide bonds. The largest absolute Gasteiger partial charge is 0.396 e. The lowest BCUT2D eigenvalue weighted by Crippen LogP contribution is -2.23. The van der Waals surface area contributed by atoms with Gasteiger partial charge in [0.2, 0.25) is 0 Å². The summed E-state index contributed by atoms with van der Waals surface area (Å²) in [5.74, 6) is -2.20. The molecule has 0 fully saturated rings. The monoisotopic (exact) mass is 438 g/mol. The highest BCUT2D eigenvalue weighted by Gasteiger charge is 2.40. The van der Waals surface area contributed by atoms with Gasteiger partial charge in [-0.25, -0.2) is 4.39 Å². The summed E-state index contributed by atoms with van der Waals surface area (Å²) in [6.07, 6.45) is 4.84. The van der Waals surface area contributed by atoms with Crippen molar-refractivity contribution in [3.8, 4) is 0 Å². The maximum atomic E-state index is 14.6. The van der Waals surface area contributed by atoms with Gasteiger partial charge in [0.25, 0.3) is 0 Å². The van der Waals surface area contributed by atoms with Crippen LogP contribution in [0.2, 0.25) is 0 Å². The third-order valence-electron chi connectivity index (χ3n) is 5.37. The van der Waals surface area contributed by atoms with E-state index in [-0.39, 0.29) is 12.0 Å². The van der Waals surface area contributed by atoms with Crippen LogP contribution in [0.15, 0.2) is 84.9 Å². The molecule has 32 heavy (non-hydrogen) atoms. The fourth-order valence-corrected chi connectivity index (χ4v) is 3.57. The van der Waals surface area contributed by atoms with Crippen molar-refractivity contribution < 1.29 is 17.6 Å². The Morgan fingerprint density at radius 3 is 2.16 bits per heavy atom. The van der Waals surface area contributed by atoms with Crippen molar-refractivity contribution in [3.63, 3.8) is 0 Å². The van der Waals surface area contributed by atoms with Gasteiger partial charge in [0.1, 0.15) is 5.82 Å². The van der Waals surface area contributed by atoms with Crippen molar-refractivity contribution in [2.45, 2.75) is 38.3 Å². The van der Waals surface area contributed by atoms with Gasteiger partial charge in [-0.05, 0) is 54.5 Å². The first kappa shape index (κ1) is 23.5. The minimum absolute atomic E-state index is 0.179. The summed E-state index contributed by atoms with van der Waals surface area (Å²) in [5.41, 5.74) is 3.00. The number of allylic oxidation sites excluding steroid dienone is 2. The number of aryl methyl sites for hydroxylation is 1. The summed E-state index contributed by atoms with van der Waals surface area (Å²) in [6, 6.07) is 20.1. The lowest BCUT2D eigenvalue weighted by Gasteiger charge is -2.21. The Bertz CT molecular complexity index is 1050. The van der Waals surface area contributed by atoms with Crippen LogP contribution >= 0.6 is 0 Å². The Morgan fingerprint density at radius 1 is 0.844 bits per heavy atom. The fourth-order valence-electron chi connectivity index (χ4n) is 3.57. The van der Waals surface area contributed by atoms with E-state index in [4.69, 9.17) is 0 Å². The molecule has 4 heteroatoms. The van der Waals surface area contributed by atoms with E-state index < -0.39 is 17.9 Å². The molecule has 0 aliphatic heterocycles. The third kappa shape index (κ3) is 6.68. The molecule has 0 unspecified atom stereocenters. The molecule has 0 heterocycles. The molecule has 0 saturated carbocycles. The Balaban J connectivity index is 1.70. The van der Waals surface area contributed by atoms with Crippen molar-refractivity contribution in [1.82, 2.24) is 0 Å². The molecule has 0 saturated heterocycles. The maximum Gasteiger partial charge on any atom is 0.396 e. The van der Waals surface area contributed by atoms with Gasteiger partial charge in [0.05, 0.1) is 5.92 Å². The molecule has 3 aromatic rings. The Morgan fingerprint density at radius 2 is 1.53 bits per heavy atom. The summed E-state index contributed by atoms with van der Waals surface area (Å²) in [4.78, 5) is 0. The van der Waals surface area contributed by atoms with Gasteiger partial charge in [-0.15, -0.1) is 0 Å². The molecule has 0 bridgehead atoms. The molecule has 0 N–H and O–H groups in total. The molecule has 0 aromatic heterocycles. The molecule has 3 aromatic carbocycles. The summed E-state index contributed by atoms with van der Waals surface area (Å²) in [6.45, 7) is 2.00. The predicted octanol–water partition coefficient (Wildman–Crippen LogP) is 8.39. The van der Waals surface area contributed by atoms with Crippen LogP contribution in [0.25, 0.3) is 12.2 Å². The number of benzene rings is 3. The van der Waals surface area contributed by atoms with Crippen LogP contribution in [-0.4, -0.2) is 6.18 Å². The second-order valence-electron chi connectivity index (χ2n) is 7.75. The predicted molar refractivity (Wildman–Crippen MR) is 124 cm³/mol.